The molecule has 0 fully saturated rings. The zero-order valence-electron chi connectivity index (χ0n) is 12.6. The second kappa shape index (κ2) is 6.38. The number of H-pyrrole nitrogens is 1. The van der Waals surface area contributed by atoms with Crippen LogP contribution in [0.1, 0.15) is 17.0 Å². The van der Waals surface area contributed by atoms with Crippen LogP contribution in [-0.4, -0.2) is 17.1 Å². The van der Waals surface area contributed by atoms with Gasteiger partial charge in [-0.3, -0.25) is 0 Å². The van der Waals surface area contributed by atoms with Gasteiger partial charge in [0.2, 0.25) is 0 Å². The molecule has 0 aliphatic rings. The van der Waals surface area contributed by atoms with Gasteiger partial charge in [0.15, 0.2) is 0 Å². The van der Waals surface area contributed by atoms with Crippen LogP contribution in [0.4, 0.5) is 0 Å². The van der Waals surface area contributed by atoms with Crippen molar-refractivity contribution in [3.8, 4) is 5.75 Å². The Bertz CT molecular complexity index is 798. The standard InChI is InChI=1S/C17H18ClN3O/c1-11-4-3-5-12(17(11)22-2)9-19-10-16-20-14-7-6-13(18)8-15(14)21-16/h3-8,19H,9-10H2,1-2H3,(H,20,21). The van der Waals surface area contributed by atoms with E-state index in [1.54, 1.807) is 7.11 Å². The Hall–Kier alpha value is -2.04. The molecule has 1 heterocycles. The van der Waals surface area contributed by atoms with Gasteiger partial charge in [-0.05, 0) is 30.7 Å². The van der Waals surface area contributed by atoms with Crippen LogP contribution in [0.15, 0.2) is 36.4 Å². The third-order valence-corrected chi connectivity index (χ3v) is 3.83. The molecule has 0 aliphatic carbocycles. The minimum absolute atomic E-state index is 0.656. The van der Waals surface area contributed by atoms with Gasteiger partial charge in [-0.25, -0.2) is 4.98 Å². The van der Waals surface area contributed by atoms with Crippen molar-refractivity contribution < 1.29 is 4.74 Å². The molecular formula is C17H18ClN3O. The largest absolute Gasteiger partial charge is 0.496 e. The van der Waals surface area contributed by atoms with Crippen LogP contribution in [0, 0.1) is 6.92 Å². The molecule has 5 heteroatoms. The Balaban J connectivity index is 1.68. The first kappa shape index (κ1) is 14.9. The Kier molecular flexibility index (Phi) is 4.32. The molecule has 0 saturated carbocycles. The van der Waals surface area contributed by atoms with Crippen molar-refractivity contribution in [3.63, 3.8) is 0 Å². The molecule has 0 aliphatic heterocycles. The van der Waals surface area contributed by atoms with Gasteiger partial charge in [-0.15, -0.1) is 0 Å². The molecule has 0 radical (unpaired) electrons. The number of aryl methyl sites for hydroxylation is 1. The molecule has 4 nitrogen and oxygen atoms in total. The first-order valence-electron chi connectivity index (χ1n) is 7.14. The first-order chi connectivity index (χ1) is 10.7. The fraction of sp³-hybridized carbons (Fsp3) is 0.235. The number of nitrogens with one attached hydrogen (secondary N) is 2. The molecule has 2 aromatic carbocycles. The normalized spacial score (nSPS) is 11.0. The third-order valence-electron chi connectivity index (χ3n) is 3.60. The summed E-state index contributed by atoms with van der Waals surface area (Å²) in [7, 11) is 1.70. The van der Waals surface area contributed by atoms with Crippen molar-refractivity contribution in [3.05, 3.63) is 58.4 Å². The van der Waals surface area contributed by atoms with Gasteiger partial charge in [-0.2, -0.15) is 0 Å². The summed E-state index contributed by atoms with van der Waals surface area (Å²) < 4.78 is 5.46. The summed E-state index contributed by atoms with van der Waals surface area (Å²) in [5.41, 5.74) is 4.16. The fourth-order valence-corrected chi connectivity index (χ4v) is 2.75. The minimum atomic E-state index is 0.656. The van der Waals surface area contributed by atoms with Crippen LogP contribution in [-0.2, 0) is 13.1 Å². The number of ether oxygens (including phenoxy) is 1. The molecule has 0 saturated heterocycles. The number of fused-ring (bicyclic) bond motifs is 1. The summed E-state index contributed by atoms with van der Waals surface area (Å²) in [6.07, 6.45) is 0. The lowest BCUT2D eigenvalue weighted by Gasteiger charge is -2.11. The lowest BCUT2D eigenvalue weighted by molar-refractivity contribution is 0.404. The average Bonchev–Trinajstić information content (AvgIpc) is 2.89. The summed E-state index contributed by atoms with van der Waals surface area (Å²) in [5, 5.41) is 4.10. The van der Waals surface area contributed by atoms with Crippen LogP contribution in [0.2, 0.25) is 5.02 Å². The highest BCUT2D eigenvalue weighted by Gasteiger charge is 2.07. The molecule has 0 spiro atoms. The summed E-state index contributed by atoms with van der Waals surface area (Å²) >= 11 is 5.98. The zero-order chi connectivity index (χ0) is 15.5. The smallest absolute Gasteiger partial charge is 0.126 e. The van der Waals surface area contributed by atoms with Crippen molar-refractivity contribution in [1.82, 2.24) is 15.3 Å². The number of imidazole rings is 1. The minimum Gasteiger partial charge on any atom is -0.496 e. The molecule has 3 rings (SSSR count). The molecular weight excluding hydrogens is 298 g/mol. The molecule has 114 valence electrons. The van der Waals surface area contributed by atoms with E-state index in [-0.39, 0.29) is 0 Å². The van der Waals surface area contributed by atoms with E-state index in [9.17, 15) is 0 Å². The molecule has 0 amide bonds. The maximum absolute atomic E-state index is 5.98. The number of halogens is 1. The molecule has 0 unspecified atom stereocenters. The number of benzene rings is 2. The van der Waals surface area contributed by atoms with Crippen LogP contribution >= 0.6 is 11.6 Å². The van der Waals surface area contributed by atoms with Crippen LogP contribution in [0.5, 0.6) is 5.75 Å². The van der Waals surface area contributed by atoms with Crippen molar-refractivity contribution >= 4 is 22.6 Å². The Morgan fingerprint density at radius 1 is 1.23 bits per heavy atom. The van der Waals surface area contributed by atoms with E-state index in [0.29, 0.717) is 11.6 Å². The third kappa shape index (κ3) is 3.08. The molecule has 0 atom stereocenters. The maximum atomic E-state index is 5.98. The zero-order valence-corrected chi connectivity index (χ0v) is 13.4. The predicted molar refractivity (Wildman–Crippen MR) is 89.4 cm³/mol. The summed E-state index contributed by atoms with van der Waals surface area (Å²) in [5.74, 6) is 1.83. The van der Waals surface area contributed by atoms with Crippen LogP contribution < -0.4 is 10.1 Å². The number of hydrogen-bond donors (Lipinski definition) is 2. The van der Waals surface area contributed by atoms with Crippen LogP contribution in [0.3, 0.4) is 0 Å². The molecule has 3 aromatic rings. The lowest BCUT2D eigenvalue weighted by atomic mass is 10.1. The number of hydrogen-bond acceptors (Lipinski definition) is 3. The highest BCUT2D eigenvalue weighted by molar-refractivity contribution is 6.31. The van der Waals surface area contributed by atoms with Crippen LogP contribution in [0.25, 0.3) is 11.0 Å². The molecule has 22 heavy (non-hydrogen) atoms. The van der Waals surface area contributed by atoms with Gasteiger partial charge < -0.3 is 15.0 Å². The van der Waals surface area contributed by atoms with E-state index in [1.807, 2.05) is 37.3 Å². The van der Waals surface area contributed by atoms with Gasteiger partial charge in [0, 0.05) is 17.1 Å². The van der Waals surface area contributed by atoms with Gasteiger partial charge in [0.25, 0.3) is 0 Å². The average molecular weight is 316 g/mol. The Morgan fingerprint density at radius 2 is 2.09 bits per heavy atom. The van der Waals surface area contributed by atoms with E-state index in [2.05, 4.69) is 21.4 Å². The molecule has 2 N–H and O–H groups in total. The molecule has 1 aromatic heterocycles. The second-order valence-corrected chi connectivity index (χ2v) is 5.65. The lowest BCUT2D eigenvalue weighted by Crippen LogP contribution is -2.14. The molecule has 0 bridgehead atoms. The Morgan fingerprint density at radius 3 is 2.91 bits per heavy atom. The summed E-state index contributed by atoms with van der Waals surface area (Å²) in [6.45, 7) is 3.43. The van der Waals surface area contributed by atoms with Gasteiger partial charge in [0.1, 0.15) is 11.6 Å². The van der Waals surface area contributed by atoms with E-state index in [1.165, 1.54) is 0 Å². The summed E-state index contributed by atoms with van der Waals surface area (Å²) in [6, 6.07) is 11.8. The monoisotopic (exact) mass is 315 g/mol. The number of aromatic nitrogens is 2. The summed E-state index contributed by atoms with van der Waals surface area (Å²) in [4.78, 5) is 7.81. The highest BCUT2D eigenvalue weighted by Crippen LogP contribution is 2.22. The number of nitrogens with zero attached hydrogens (tertiary/aromatic N) is 1. The fourth-order valence-electron chi connectivity index (χ4n) is 2.58. The van der Waals surface area contributed by atoms with Crippen molar-refractivity contribution in [2.45, 2.75) is 20.0 Å². The number of methoxy groups -OCH3 is 1. The van der Waals surface area contributed by atoms with Gasteiger partial charge >= 0.3 is 0 Å². The number of para-hydroxylation sites is 1. The second-order valence-electron chi connectivity index (χ2n) is 5.22. The van der Waals surface area contributed by atoms with E-state index in [4.69, 9.17) is 16.3 Å². The first-order valence-corrected chi connectivity index (χ1v) is 7.52. The van der Waals surface area contributed by atoms with Crippen molar-refractivity contribution in [2.24, 2.45) is 0 Å². The number of rotatable bonds is 5. The van der Waals surface area contributed by atoms with Gasteiger partial charge in [-0.1, -0.05) is 29.8 Å². The van der Waals surface area contributed by atoms with E-state index in [0.717, 1.165) is 40.3 Å². The van der Waals surface area contributed by atoms with E-state index >= 15 is 0 Å². The van der Waals surface area contributed by atoms with Gasteiger partial charge in [0.05, 0.1) is 24.7 Å². The maximum Gasteiger partial charge on any atom is 0.126 e. The van der Waals surface area contributed by atoms with Crippen molar-refractivity contribution in [2.75, 3.05) is 7.11 Å². The quantitative estimate of drug-likeness (QED) is 0.752. The van der Waals surface area contributed by atoms with E-state index < -0.39 is 0 Å². The topological polar surface area (TPSA) is 49.9 Å². The predicted octanol–water partition coefficient (Wildman–Crippen LogP) is 3.82. The highest BCUT2D eigenvalue weighted by atomic mass is 35.5. The SMILES string of the molecule is COc1c(C)cccc1CNCc1nc2ccc(Cl)cc2[nH]1. The Labute approximate surface area is 134 Å². The number of aromatic amines is 1. The van der Waals surface area contributed by atoms with Crippen molar-refractivity contribution in [1.29, 1.82) is 0 Å².